The van der Waals surface area contributed by atoms with Gasteiger partial charge in [0.2, 0.25) is 0 Å². The maximum atomic E-state index is 12.8. The third-order valence-corrected chi connectivity index (χ3v) is 7.49. The van der Waals surface area contributed by atoms with Gasteiger partial charge in [0, 0.05) is 17.3 Å². The maximum absolute atomic E-state index is 12.8. The van der Waals surface area contributed by atoms with Crippen LogP contribution in [0.2, 0.25) is 0 Å². The number of Topliss-reactive ketones (excluding diaryl/α,β-unsaturated/α-hetero) is 1. The maximum Gasteiger partial charge on any atom is 0.325 e. The van der Waals surface area contributed by atoms with E-state index in [0.29, 0.717) is 10.8 Å². The van der Waals surface area contributed by atoms with Crippen molar-refractivity contribution in [2.24, 2.45) is 5.41 Å². The highest BCUT2D eigenvalue weighted by Crippen LogP contribution is 2.32. The highest BCUT2D eigenvalue weighted by Gasteiger charge is 2.23. The normalized spacial score (nSPS) is 12.2. The first kappa shape index (κ1) is 28.6. The number of carbonyl (C=O) groups is 3. The largest absolute Gasteiger partial charge is 0.486 e. The van der Waals surface area contributed by atoms with Crippen LogP contribution in [-0.2, 0) is 20.7 Å². The molecule has 0 N–H and O–H groups in total. The molecule has 6 nitrogen and oxygen atoms in total. The average Bonchev–Trinajstić information content (AvgIpc) is 3.17. The lowest BCUT2D eigenvalue weighted by Gasteiger charge is -2.19. The fraction of sp³-hybridized carbons (Fsp3) is 0.536. The van der Waals surface area contributed by atoms with Crippen molar-refractivity contribution in [2.75, 3.05) is 27.3 Å². The number of benzene rings is 1. The molecule has 0 bridgehead atoms. The molecule has 1 aromatic heterocycles. The van der Waals surface area contributed by atoms with Crippen LogP contribution in [0.1, 0.15) is 77.7 Å². The van der Waals surface area contributed by atoms with Gasteiger partial charge in [0.15, 0.2) is 5.78 Å². The summed E-state index contributed by atoms with van der Waals surface area (Å²) in [4.78, 5) is 39.7. The van der Waals surface area contributed by atoms with E-state index in [0.717, 1.165) is 41.0 Å². The Hall–Kier alpha value is -2.67. The summed E-state index contributed by atoms with van der Waals surface area (Å²) in [6.45, 7) is 11.8. The Morgan fingerprint density at radius 1 is 1.09 bits per heavy atom. The van der Waals surface area contributed by atoms with E-state index >= 15 is 0 Å². The third-order valence-electron chi connectivity index (χ3n) is 6.20. The number of esters is 1. The first-order valence-electron chi connectivity index (χ1n) is 12.1. The van der Waals surface area contributed by atoms with Crippen molar-refractivity contribution in [1.29, 1.82) is 0 Å². The second-order valence-corrected chi connectivity index (χ2v) is 11.2. The van der Waals surface area contributed by atoms with Crippen LogP contribution in [0.3, 0.4) is 0 Å². The van der Waals surface area contributed by atoms with Crippen LogP contribution in [0, 0.1) is 19.3 Å². The van der Waals surface area contributed by atoms with Crippen LogP contribution < -0.4 is 4.74 Å². The topological polar surface area (TPSA) is 72.9 Å². The molecule has 192 valence electrons. The summed E-state index contributed by atoms with van der Waals surface area (Å²) in [7, 11) is 2.93. The minimum Gasteiger partial charge on any atom is -0.486 e. The van der Waals surface area contributed by atoms with Crippen molar-refractivity contribution >= 4 is 29.0 Å². The molecule has 1 aromatic carbocycles. The lowest BCUT2D eigenvalue weighted by molar-refractivity contribution is -0.141. The van der Waals surface area contributed by atoms with Gasteiger partial charge in [-0.05, 0) is 67.9 Å². The van der Waals surface area contributed by atoms with E-state index in [1.54, 1.807) is 7.05 Å². The van der Waals surface area contributed by atoms with Gasteiger partial charge in [-0.15, -0.1) is 11.3 Å². The summed E-state index contributed by atoms with van der Waals surface area (Å²) in [5, 5.41) is 0. The number of methoxy groups -OCH3 is 1. The molecule has 1 heterocycles. The van der Waals surface area contributed by atoms with Crippen LogP contribution in [0.5, 0.6) is 5.75 Å². The summed E-state index contributed by atoms with van der Waals surface area (Å²) < 4.78 is 10.5. The number of rotatable bonds is 11. The quantitative estimate of drug-likeness (QED) is 0.368. The van der Waals surface area contributed by atoms with Crippen molar-refractivity contribution in [2.45, 2.75) is 66.7 Å². The van der Waals surface area contributed by atoms with E-state index in [-0.39, 0.29) is 24.8 Å². The lowest BCUT2D eigenvalue weighted by atomic mass is 9.90. The zero-order valence-corrected chi connectivity index (χ0v) is 23.1. The van der Waals surface area contributed by atoms with E-state index in [1.165, 1.54) is 28.9 Å². The molecule has 0 radical (unpaired) electrons. The molecule has 0 aliphatic carbocycles. The molecule has 0 saturated heterocycles. The van der Waals surface area contributed by atoms with Gasteiger partial charge in [-0.25, -0.2) is 0 Å². The lowest BCUT2D eigenvalue weighted by Crippen LogP contribution is -2.32. The van der Waals surface area contributed by atoms with Gasteiger partial charge in [0.1, 0.15) is 18.9 Å². The number of ether oxygens (including phenoxy) is 2. The van der Waals surface area contributed by atoms with Gasteiger partial charge in [0.05, 0.1) is 12.0 Å². The monoisotopic (exact) mass is 501 g/mol. The van der Waals surface area contributed by atoms with Crippen LogP contribution >= 0.6 is 11.3 Å². The number of hydrogen-bond acceptors (Lipinski definition) is 6. The predicted molar refractivity (Wildman–Crippen MR) is 141 cm³/mol. The molecule has 2 aromatic rings. The van der Waals surface area contributed by atoms with Crippen molar-refractivity contribution in [3.63, 3.8) is 0 Å². The van der Waals surface area contributed by atoms with E-state index in [2.05, 4.69) is 29.9 Å². The molecular formula is C28H39NO5S. The van der Waals surface area contributed by atoms with E-state index in [9.17, 15) is 14.4 Å². The van der Waals surface area contributed by atoms with Gasteiger partial charge in [-0.3, -0.25) is 14.4 Å². The highest BCUT2D eigenvalue weighted by molar-refractivity contribution is 7.14. The Bertz CT molecular complexity index is 1050. The smallest absolute Gasteiger partial charge is 0.325 e. The van der Waals surface area contributed by atoms with Gasteiger partial charge in [-0.2, -0.15) is 0 Å². The summed E-state index contributed by atoms with van der Waals surface area (Å²) in [6.07, 6.45) is 2.83. The summed E-state index contributed by atoms with van der Waals surface area (Å²) in [5.74, 6) is 0.603. The summed E-state index contributed by atoms with van der Waals surface area (Å²) >= 11 is 1.50. The van der Waals surface area contributed by atoms with Crippen LogP contribution in [0.25, 0.3) is 0 Å². The highest BCUT2D eigenvalue weighted by atomic mass is 32.1. The molecule has 2 rings (SSSR count). The molecule has 0 spiro atoms. The van der Waals surface area contributed by atoms with Gasteiger partial charge in [-0.1, -0.05) is 39.8 Å². The fourth-order valence-electron chi connectivity index (χ4n) is 3.76. The van der Waals surface area contributed by atoms with E-state index < -0.39 is 11.4 Å². The van der Waals surface area contributed by atoms with Crippen molar-refractivity contribution in [3.05, 3.63) is 50.7 Å². The number of carbonyl (C=O) groups excluding carboxylic acids is 3. The second kappa shape index (κ2) is 12.3. The predicted octanol–water partition coefficient (Wildman–Crippen LogP) is 5.73. The van der Waals surface area contributed by atoms with Crippen LogP contribution in [0.4, 0.5) is 0 Å². The first-order chi connectivity index (χ1) is 16.4. The molecule has 0 aliphatic heterocycles. The minimum atomic E-state index is -0.436. The Morgan fingerprint density at radius 2 is 1.77 bits per heavy atom. The summed E-state index contributed by atoms with van der Waals surface area (Å²) in [6, 6.07) is 8.29. The Balaban J connectivity index is 2.04. The van der Waals surface area contributed by atoms with Crippen molar-refractivity contribution < 1.29 is 23.9 Å². The Kier molecular flexibility index (Phi) is 10.1. The molecular weight excluding hydrogens is 462 g/mol. The molecule has 0 aliphatic rings. The number of likely N-dealkylation sites (N-methyl/N-ethyl adjacent to an activating group) is 1. The van der Waals surface area contributed by atoms with E-state index in [1.807, 2.05) is 40.7 Å². The minimum absolute atomic E-state index is 0.0661. The zero-order valence-electron chi connectivity index (χ0n) is 22.3. The van der Waals surface area contributed by atoms with Gasteiger partial charge in [0.25, 0.3) is 5.91 Å². The third kappa shape index (κ3) is 7.92. The Labute approximate surface area is 213 Å². The number of hydrogen-bond donors (Lipinski definition) is 0. The molecule has 35 heavy (non-hydrogen) atoms. The standard InChI is InChI=1S/C28H39NO5S/c1-9-20(21-11-13-23(18(2)14-21)34-17-24(30)28(4,5)6)10-12-22-15-19(3)26(35-22)27(32)29(7)16-25(31)33-8/h11,13-15,20H,9-10,12,16-17H2,1-8H3. The molecule has 0 fully saturated rings. The van der Waals surface area contributed by atoms with Crippen LogP contribution in [0.15, 0.2) is 24.3 Å². The number of nitrogens with zero attached hydrogens (tertiary/aromatic N) is 1. The van der Waals surface area contributed by atoms with Crippen molar-refractivity contribution in [3.8, 4) is 5.75 Å². The molecule has 7 heteroatoms. The van der Waals surface area contributed by atoms with E-state index in [4.69, 9.17) is 4.74 Å². The number of thiophene rings is 1. The van der Waals surface area contributed by atoms with Gasteiger partial charge < -0.3 is 14.4 Å². The molecule has 1 amide bonds. The molecule has 0 saturated carbocycles. The number of ketones is 1. The average molecular weight is 502 g/mol. The second-order valence-electron chi connectivity index (χ2n) is 10.1. The molecule has 1 atom stereocenters. The summed E-state index contributed by atoms with van der Waals surface area (Å²) in [5.41, 5.74) is 2.79. The van der Waals surface area contributed by atoms with Gasteiger partial charge >= 0.3 is 5.97 Å². The zero-order chi connectivity index (χ0) is 26.3. The SMILES string of the molecule is CCC(CCc1cc(C)c(C(=O)N(C)CC(=O)OC)s1)c1ccc(OCC(=O)C(C)(C)C)c(C)c1. The Morgan fingerprint density at radius 3 is 2.34 bits per heavy atom. The number of aryl methyl sites for hydroxylation is 3. The first-order valence-corrected chi connectivity index (χ1v) is 12.9. The van der Waals surface area contributed by atoms with Crippen molar-refractivity contribution in [1.82, 2.24) is 4.90 Å². The molecule has 1 unspecified atom stereocenters. The fourth-order valence-corrected chi connectivity index (χ4v) is 4.94. The van der Waals surface area contributed by atoms with Crippen LogP contribution in [-0.4, -0.2) is 49.9 Å². The number of amides is 1.